The Morgan fingerprint density at radius 2 is 1.20 bits per heavy atom. The van der Waals surface area contributed by atoms with E-state index in [9.17, 15) is 9.90 Å². The van der Waals surface area contributed by atoms with E-state index in [0.717, 1.165) is 0 Å². The monoisotopic (exact) mass is 332 g/mol. The number of carbonyl (C=O) groups is 1. The maximum absolute atomic E-state index is 12.6. The van der Waals surface area contributed by atoms with E-state index in [1.807, 2.05) is 24.3 Å². The number of ether oxygens (including phenoxy) is 1. The van der Waals surface area contributed by atoms with E-state index in [4.69, 9.17) is 4.74 Å². The molecule has 0 aliphatic heterocycles. The summed E-state index contributed by atoms with van der Waals surface area (Å²) in [6.07, 6.45) is 0. The predicted octanol–water partition coefficient (Wildman–Crippen LogP) is 5.54. The number of rotatable bonds is 5. The van der Waals surface area contributed by atoms with Gasteiger partial charge in [0, 0.05) is 11.1 Å². The lowest BCUT2D eigenvalue weighted by Crippen LogP contribution is -2.01. The molecule has 3 rings (SSSR count). The smallest absolute Gasteiger partial charge is 0.193 e. The molecule has 3 aromatic carbocycles. The second-order valence-electron chi connectivity index (χ2n) is 6.23. The topological polar surface area (TPSA) is 46.5 Å². The van der Waals surface area contributed by atoms with Crippen LogP contribution in [0.2, 0.25) is 0 Å². The number of carbonyl (C=O) groups excluding carboxylic acids is 1. The average molecular weight is 332 g/mol. The number of ketones is 1. The van der Waals surface area contributed by atoms with Crippen molar-refractivity contribution in [2.75, 3.05) is 0 Å². The van der Waals surface area contributed by atoms with E-state index in [1.54, 1.807) is 48.5 Å². The van der Waals surface area contributed by atoms with Gasteiger partial charge < -0.3 is 9.84 Å². The van der Waals surface area contributed by atoms with Gasteiger partial charge in [0.1, 0.15) is 17.2 Å². The Morgan fingerprint density at radius 3 is 1.68 bits per heavy atom. The summed E-state index contributed by atoms with van der Waals surface area (Å²) in [6.45, 7) is 4.26. The van der Waals surface area contributed by atoms with E-state index in [1.165, 1.54) is 5.56 Å². The molecule has 0 spiro atoms. The van der Waals surface area contributed by atoms with Crippen molar-refractivity contribution >= 4 is 5.78 Å². The molecule has 126 valence electrons. The number of benzene rings is 3. The summed E-state index contributed by atoms with van der Waals surface area (Å²) >= 11 is 0. The van der Waals surface area contributed by atoms with Crippen LogP contribution in [0.3, 0.4) is 0 Å². The summed E-state index contributed by atoms with van der Waals surface area (Å²) in [5.41, 5.74) is 2.51. The second-order valence-corrected chi connectivity index (χ2v) is 6.23. The molecule has 25 heavy (non-hydrogen) atoms. The van der Waals surface area contributed by atoms with Gasteiger partial charge in [0.25, 0.3) is 0 Å². The van der Waals surface area contributed by atoms with Crippen molar-refractivity contribution in [3.05, 3.63) is 89.5 Å². The van der Waals surface area contributed by atoms with E-state index in [0.29, 0.717) is 28.5 Å². The molecule has 3 nitrogen and oxygen atoms in total. The first-order chi connectivity index (χ1) is 12.0. The first-order valence-corrected chi connectivity index (χ1v) is 8.24. The van der Waals surface area contributed by atoms with Crippen molar-refractivity contribution in [3.63, 3.8) is 0 Å². The minimum atomic E-state index is -0.00788. The predicted molar refractivity (Wildman–Crippen MR) is 98.6 cm³/mol. The van der Waals surface area contributed by atoms with Gasteiger partial charge in [0.15, 0.2) is 5.78 Å². The van der Waals surface area contributed by atoms with Gasteiger partial charge in [-0.3, -0.25) is 4.79 Å². The lowest BCUT2D eigenvalue weighted by Gasteiger charge is -2.08. The zero-order chi connectivity index (χ0) is 17.8. The van der Waals surface area contributed by atoms with Crippen molar-refractivity contribution in [3.8, 4) is 17.2 Å². The largest absolute Gasteiger partial charge is 0.508 e. The van der Waals surface area contributed by atoms with Crippen LogP contribution in [-0.2, 0) is 0 Å². The Labute approximate surface area is 147 Å². The number of phenols is 1. The maximum atomic E-state index is 12.6. The van der Waals surface area contributed by atoms with Crippen LogP contribution in [0.5, 0.6) is 17.2 Å². The van der Waals surface area contributed by atoms with Gasteiger partial charge in [-0.2, -0.15) is 0 Å². The molecule has 0 fully saturated rings. The molecule has 0 unspecified atom stereocenters. The summed E-state index contributed by atoms with van der Waals surface area (Å²) in [5.74, 6) is 1.89. The standard InChI is InChI=1S/C22H20O3/c1-15(2)16-3-5-17(6-4-16)22(24)18-7-11-20(12-8-18)25-21-13-9-19(23)10-14-21/h3-15,23H,1-2H3. The fraction of sp³-hybridized carbons (Fsp3) is 0.136. The fourth-order valence-corrected chi connectivity index (χ4v) is 2.51. The number of phenolic OH excluding ortho intramolecular Hbond substituents is 1. The fourth-order valence-electron chi connectivity index (χ4n) is 2.51. The highest BCUT2D eigenvalue weighted by Gasteiger charge is 2.10. The Bertz CT molecular complexity index is 845. The van der Waals surface area contributed by atoms with Crippen molar-refractivity contribution in [2.24, 2.45) is 0 Å². The minimum absolute atomic E-state index is 0.00788. The third kappa shape index (κ3) is 4.07. The average Bonchev–Trinajstić information content (AvgIpc) is 2.64. The molecule has 0 amide bonds. The first-order valence-electron chi connectivity index (χ1n) is 8.24. The molecule has 0 saturated heterocycles. The zero-order valence-electron chi connectivity index (χ0n) is 14.3. The Balaban J connectivity index is 1.72. The van der Waals surface area contributed by atoms with E-state index < -0.39 is 0 Å². The lowest BCUT2D eigenvalue weighted by atomic mass is 9.98. The summed E-state index contributed by atoms with van der Waals surface area (Å²) in [4.78, 5) is 12.6. The maximum Gasteiger partial charge on any atom is 0.193 e. The van der Waals surface area contributed by atoms with Gasteiger partial charge in [-0.05, 0) is 60.0 Å². The minimum Gasteiger partial charge on any atom is -0.508 e. The Hall–Kier alpha value is -3.07. The van der Waals surface area contributed by atoms with Crippen LogP contribution in [0.4, 0.5) is 0 Å². The highest BCUT2D eigenvalue weighted by Crippen LogP contribution is 2.24. The van der Waals surface area contributed by atoms with Crippen LogP contribution >= 0.6 is 0 Å². The zero-order valence-corrected chi connectivity index (χ0v) is 14.3. The van der Waals surface area contributed by atoms with Gasteiger partial charge in [-0.25, -0.2) is 0 Å². The Kier molecular flexibility index (Phi) is 4.85. The van der Waals surface area contributed by atoms with Gasteiger partial charge in [-0.15, -0.1) is 0 Å². The highest BCUT2D eigenvalue weighted by molar-refractivity contribution is 6.09. The molecule has 0 bridgehead atoms. The second kappa shape index (κ2) is 7.22. The van der Waals surface area contributed by atoms with Crippen LogP contribution in [0.25, 0.3) is 0 Å². The lowest BCUT2D eigenvalue weighted by molar-refractivity contribution is 0.103. The van der Waals surface area contributed by atoms with E-state index >= 15 is 0 Å². The Morgan fingerprint density at radius 1 is 0.760 bits per heavy atom. The summed E-state index contributed by atoms with van der Waals surface area (Å²) in [6, 6.07) is 21.3. The van der Waals surface area contributed by atoms with Gasteiger partial charge in [0.2, 0.25) is 0 Å². The molecule has 3 heteroatoms. The molecular weight excluding hydrogens is 312 g/mol. The summed E-state index contributed by atoms with van der Waals surface area (Å²) < 4.78 is 5.69. The quantitative estimate of drug-likeness (QED) is 0.624. The number of aromatic hydroxyl groups is 1. The van der Waals surface area contributed by atoms with Crippen LogP contribution in [0.1, 0.15) is 41.3 Å². The van der Waals surface area contributed by atoms with Crippen LogP contribution in [0.15, 0.2) is 72.8 Å². The van der Waals surface area contributed by atoms with Gasteiger partial charge in [0.05, 0.1) is 0 Å². The van der Waals surface area contributed by atoms with Crippen molar-refractivity contribution in [1.29, 1.82) is 0 Å². The van der Waals surface area contributed by atoms with Crippen molar-refractivity contribution < 1.29 is 14.6 Å². The van der Waals surface area contributed by atoms with E-state index in [2.05, 4.69) is 13.8 Å². The van der Waals surface area contributed by atoms with Gasteiger partial charge in [-0.1, -0.05) is 38.1 Å². The van der Waals surface area contributed by atoms with Crippen LogP contribution in [0, 0.1) is 0 Å². The number of hydrogen-bond donors (Lipinski definition) is 1. The molecule has 3 aromatic rings. The molecule has 1 N–H and O–H groups in total. The molecule has 0 aliphatic carbocycles. The van der Waals surface area contributed by atoms with Crippen LogP contribution < -0.4 is 4.74 Å². The van der Waals surface area contributed by atoms with Crippen molar-refractivity contribution in [1.82, 2.24) is 0 Å². The number of hydrogen-bond acceptors (Lipinski definition) is 3. The summed E-state index contributed by atoms with van der Waals surface area (Å²) in [7, 11) is 0. The van der Waals surface area contributed by atoms with Gasteiger partial charge >= 0.3 is 0 Å². The molecule has 0 aromatic heterocycles. The normalized spacial score (nSPS) is 10.7. The highest BCUT2D eigenvalue weighted by atomic mass is 16.5. The molecule has 0 aliphatic rings. The third-order valence-corrected chi connectivity index (χ3v) is 4.03. The first kappa shape index (κ1) is 16.8. The van der Waals surface area contributed by atoms with Crippen molar-refractivity contribution in [2.45, 2.75) is 19.8 Å². The molecule has 0 heterocycles. The molecule has 0 saturated carbocycles. The molecule has 0 atom stereocenters. The SMILES string of the molecule is CC(C)c1ccc(C(=O)c2ccc(Oc3ccc(O)cc3)cc2)cc1. The third-order valence-electron chi connectivity index (χ3n) is 4.03. The van der Waals surface area contributed by atoms with E-state index in [-0.39, 0.29) is 11.5 Å². The summed E-state index contributed by atoms with van der Waals surface area (Å²) in [5, 5.41) is 9.28. The molecular formula is C22H20O3. The van der Waals surface area contributed by atoms with Crippen LogP contribution in [-0.4, -0.2) is 10.9 Å². The molecule has 0 radical (unpaired) electrons.